The Bertz CT molecular complexity index is 1190. The zero-order chi connectivity index (χ0) is 21.1. The molecule has 0 radical (unpaired) electrons. The van der Waals surface area contributed by atoms with E-state index in [4.69, 9.17) is 0 Å². The minimum Gasteiger partial charge on any atom is -0.318 e. The quantitative estimate of drug-likeness (QED) is 0.256. The fourth-order valence-corrected chi connectivity index (χ4v) is 5.12. The van der Waals surface area contributed by atoms with E-state index in [0.29, 0.717) is 0 Å². The minimum atomic E-state index is -0.150. The van der Waals surface area contributed by atoms with Crippen molar-refractivity contribution in [1.82, 2.24) is 15.0 Å². The van der Waals surface area contributed by atoms with Crippen LogP contribution in [0.4, 0.5) is 0 Å². The smallest absolute Gasteiger partial charge is 0.250 e. The number of amides is 1. The van der Waals surface area contributed by atoms with Gasteiger partial charge in [0.1, 0.15) is 0 Å². The van der Waals surface area contributed by atoms with Crippen molar-refractivity contribution in [3.05, 3.63) is 77.1 Å². The third-order valence-electron chi connectivity index (χ3n) is 4.76. The molecule has 30 heavy (non-hydrogen) atoms. The summed E-state index contributed by atoms with van der Waals surface area (Å²) < 4.78 is 4.20. The summed E-state index contributed by atoms with van der Waals surface area (Å²) in [6, 6.07) is 18.5. The molecule has 0 saturated carbocycles. The molecular formula is C23H22N4OS2. The van der Waals surface area contributed by atoms with Crippen LogP contribution in [0.5, 0.6) is 0 Å². The normalized spacial score (nSPS) is 11.4. The van der Waals surface area contributed by atoms with Crippen molar-refractivity contribution in [2.75, 3.05) is 5.75 Å². The van der Waals surface area contributed by atoms with Gasteiger partial charge < -0.3 is 4.57 Å². The second-order valence-electron chi connectivity index (χ2n) is 7.03. The highest BCUT2D eigenvalue weighted by Crippen LogP contribution is 2.29. The Morgan fingerprint density at radius 3 is 2.70 bits per heavy atom. The van der Waals surface area contributed by atoms with E-state index in [-0.39, 0.29) is 11.7 Å². The number of thiazole rings is 1. The molecule has 2 heterocycles. The minimum absolute atomic E-state index is 0.150. The second kappa shape index (κ2) is 8.85. The summed E-state index contributed by atoms with van der Waals surface area (Å²) in [5, 5.41) is 4.15. The number of thioether (sulfide) groups is 1. The number of aromatic nitrogens is 2. The van der Waals surface area contributed by atoms with Crippen molar-refractivity contribution in [3.63, 3.8) is 0 Å². The first-order chi connectivity index (χ1) is 14.5. The molecule has 0 spiro atoms. The molecule has 0 saturated heterocycles. The molecule has 152 valence electrons. The molecule has 0 fully saturated rings. The molecule has 1 N–H and O–H groups in total. The average molecular weight is 435 g/mol. The number of fused-ring (bicyclic) bond motifs is 1. The predicted molar refractivity (Wildman–Crippen MR) is 126 cm³/mol. The van der Waals surface area contributed by atoms with Gasteiger partial charge in [0.2, 0.25) is 0 Å². The summed E-state index contributed by atoms with van der Waals surface area (Å²) >= 11 is 3.02. The van der Waals surface area contributed by atoms with Crippen LogP contribution in [-0.4, -0.2) is 27.4 Å². The van der Waals surface area contributed by atoms with E-state index in [1.807, 2.05) is 24.3 Å². The maximum Gasteiger partial charge on any atom is 0.250 e. The molecule has 2 aromatic carbocycles. The third kappa shape index (κ3) is 4.47. The summed E-state index contributed by atoms with van der Waals surface area (Å²) in [6.45, 7) is 6.20. The molecule has 4 aromatic rings. The number of nitrogens with one attached hydrogen (secondary N) is 1. The molecule has 1 amide bonds. The monoisotopic (exact) mass is 434 g/mol. The lowest BCUT2D eigenvalue weighted by atomic mass is 10.2. The number of carbonyl (C=O) groups is 1. The molecule has 5 nitrogen and oxygen atoms in total. The van der Waals surface area contributed by atoms with Gasteiger partial charge in [-0.05, 0) is 51.1 Å². The van der Waals surface area contributed by atoms with E-state index in [1.54, 1.807) is 17.6 Å². The van der Waals surface area contributed by atoms with Crippen molar-refractivity contribution in [2.45, 2.75) is 25.1 Å². The highest BCUT2D eigenvalue weighted by atomic mass is 32.2. The standard InChI is InChI=1S/C23H22N4OS2/c1-15-8-10-19(11-9-15)27-16(2)12-18(17(27)3)13-24-26-22(28)14-29-23-25-20-6-4-5-7-21(20)30-23/h4-13H,14H2,1-3H3,(H,26,28)/b24-13+. The van der Waals surface area contributed by atoms with Gasteiger partial charge in [-0.1, -0.05) is 41.6 Å². The van der Waals surface area contributed by atoms with E-state index in [2.05, 4.69) is 71.2 Å². The number of nitrogens with zero attached hydrogens (tertiary/aromatic N) is 3. The number of aryl methyl sites for hydroxylation is 2. The third-order valence-corrected chi connectivity index (χ3v) is 6.94. The van der Waals surface area contributed by atoms with Crippen LogP contribution in [0.15, 0.2) is 64.0 Å². The Morgan fingerprint density at radius 2 is 1.93 bits per heavy atom. The number of rotatable bonds is 6. The molecule has 0 atom stereocenters. The van der Waals surface area contributed by atoms with Gasteiger partial charge in [-0.2, -0.15) is 5.10 Å². The van der Waals surface area contributed by atoms with E-state index in [0.717, 1.165) is 37.2 Å². The summed E-state index contributed by atoms with van der Waals surface area (Å²) in [5.41, 5.74) is 9.11. The van der Waals surface area contributed by atoms with E-state index in [1.165, 1.54) is 17.3 Å². The van der Waals surface area contributed by atoms with Gasteiger partial charge in [0.25, 0.3) is 5.91 Å². The molecule has 0 aliphatic carbocycles. The molecule has 0 unspecified atom stereocenters. The van der Waals surface area contributed by atoms with Crippen LogP contribution >= 0.6 is 23.1 Å². The topological polar surface area (TPSA) is 59.3 Å². The van der Waals surface area contributed by atoms with Gasteiger partial charge in [0, 0.05) is 22.6 Å². The van der Waals surface area contributed by atoms with Gasteiger partial charge in [-0.15, -0.1) is 11.3 Å². The maximum absolute atomic E-state index is 12.2. The van der Waals surface area contributed by atoms with Gasteiger partial charge in [-0.3, -0.25) is 4.79 Å². The number of benzene rings is 2. The number of para-hydroxylation sites is 1. The summed E-state index contributed by atoms with van der Waals surface area (Å²) in [6.07, 6.45) is 1.70. The van der Waals surface area contributed by atoms with Gasteiger partial charge in [0.15, 0.2) is 4.34 Å². The average Bonchev–Trinajstić information content (AvgIpc) is 3.27. The van der Waals surface area contributed by atoms with Crippen LogP contribution < -0.4 is 5.43 Å². The molecule has 4 rings (SSSR count). The summed E-state index contributed by atoms with van der Waals surface area (Å²) in [4.78, 5) is 16.7. The Morgan fingerprint density at radius 1 is 1.17 bits per heavy atom. The van der Waals surface area contributed by atoms with Crippen molar-refractivity contribution >= 4 is 45.4 Å². The Balaban J connectivity index is 1.37. The Hall–Kier alpha value is -2.90. The van der Waals surface area contributed by atoms with E-state index >= 15 is 0 Å². The molecular weight excluding hydrogens is 412 g/mol. The maximum atomic E-state index is 12.2. The number of hydrogen-bond acceptors (Lipinski definition) is 5. The second-order valence-corrected chi connectivity index (χ2v) is 9.28. The van der Waals surface area contributed by atoms with Gasteiger partial charge >= 0.3 is 0 Å². The van der Waals surface area contributed by atoms with Crippen LogP contribution in [0, 0.1) is 20.8 Å². The molecule has 0 bridgehead atoms. The first kappa shape index (κ1) is 20.4. The van der Waals surface area contributed by atoms with E-state index < -0.39 is 0 Å². The van der Waals surface area contributed by atoms with Gasteiger partial charge in [-0.25, -0.2) is 10.4 Å². The van der Waals surface area contributed by atoms with Crippen LogP contribution in [0.25, 0.3) is 15.9 Å². The van der Waals surface area contributed by atoms with Crippen molar-refractivity contribution in [2.24, 2.45) is 5.10 Å². The number of hydrazone groups is 1. The SMILES string of the molecule is Cc1ccc(-n2c(C)cc(/C=N/NC(=O)CSc3nc4ccccc4s3)c2C)cc1. The zero-order valence-corrected chi connectivity index (χ0v) is 18.7. The van der Waals surface area contributed by atoms with Gasteiger partial charge in [0.05, 0.1) is 22.2 Å². The largest absolute Gasteiger partial charge is 0.318 e. The number of hydrogen-bond donors (Lipinski definition) is 1. The Kier molecular flexibility index (Phi) is 6.01. The van der Waals surface area contributed by atoms with Crippen LogP contribution in [0.1, 0.15) is 22.5 Å². The van der Waals surface area contributed by atoms with E-state index in [9.17, 15) is 4.79 Å². The highest BCUT2D eigenvalue weighted by Gasteiger charge is 2.10. The predicted octanol–water partition coefficient (Wildman–Crippen LogP) is 5.25. The lowest BCUT2D eigenvalue weighted by molar-refractivity contribution is -0.118. The first-order valence-electron chi connectivity index (χ1n) is 9.57. The van der Waals surface area contributed by atoms with Crippen LogP contribution in [0.2, 0.25) is 0 Å². The molecule has 7 heteroatoms. The zero-order valence-electron chi connectivity index (χ0n) is 17.0. The van der Waals surface area contributed by atoms with Crippen molar-refractivity contribution in [3.8, 4) is 5.69 Å². The first-order valence-corrected chi connectivity index (χ1v) is 11.4. The molecule has 2 aromatic heterocycles. The van der Waals surface area contributed by atoms with Crippen LogP contribution in [-0.2, 0) is 4.79 Å². The summed E-state index contributed by atoms with van der Waals surface area (Å²) in [5.74, 6) is 0.127. The fraction of sp³-hybridized carbons (Fsp3) is 0.174. The Labute approximate surface area is 183 Å². The highest BCUT2D eigenvalue weighted by molar-refractivity contribution is 8.01. The lowest BCUT2D eigenvalue weighted by Gasteiger charge is -2.09. The fourth-order valence-electron chi connectivity index (χ4n) is 3.26. The van der Waals surface area contributed by atoms with Crippen molar-refractivity contribution in [1.29, 1.82) is 0 Å². The molecule has 0 aliphatic rings. The van der Waals surface area contributed by atoms with Crippen molar-refractivity contribution < 1.29 is 4.79 Å². The van der Waals surface area contributed by atoms with Crippen LogP contribution in [0.3, 0.4) is 0 Å². The molecule has 0 aliphatic heterocycles. The lowest BCUT2D eigenvalue weighted by Crippen LogP contribution is -2.19. The summed E-state index contributed by atoms with van der Waals surface area (Å²) in [7, 11) is 0. The number of carbonyl (C=O) groups excluding carboxylic acids is 1.